The van der Waals surface area contributed by atoms with E-state index in [1.165, 1.54) is 19.2 Å². The van der Waals surface area contributed by atoms with Gasteiger partial charge in [-0.05, 0) is 29.3 Å². The molecule has 3 N–H and O–H groups in total. The normalized spacial score (nSPS) is 12.3. The van der Waals surface area contributed by atoms with E-state index in [4.69, 9.17) is 22.1 Å². The summed E-state index contributed by atoms with van der Waals surface area (Å²) < 4.78 is 43.3. The quantitative estimate of drug-likeness (QED) is 0.730. The molecule has 0 radical (unpaired) electrons. The van der Waals surface area contributed by atoms with E-state index in [1.807, 2.05) is 0 Å². The van der Waals surface area contributed by atoms with E-state index >= 15 is 0 Å². The van der Waals surface area contributed by atoms with E-state index in [2.05, 4.69) is 5.32 Å². The summed E-state index contributed by atoms with van der Waals surface area (Å²) >= 11 is 6.04. The van der Waals surface area contributed by atoms with Crippen molar-refractivity contribution in [1.29, 1.82) is 0 Å². The van der Waals surface area contributed by atoms with E-state index in [0.29, 0.717) is 16.3 Å². The van der Waals surface area contributed by atoms with E-state index in [-0.39, 0.29) is 18.4 Å². The third-order valence-electron chi connectivity index (χ3n) is 3.95. The predicted molar refractivity (Wildman–Crippen MR) is 98.0 cm³/mol. The zero-order chi connectivity index (χ0) is 20.9. The molecule has 0 aliphatic rings. The molecule has 0 aliphatic heterocycles. The van der Waals surface area contributed by atoms with Crippen LogP contribution in [0.3, 0.4) is 0 Å². The Kier molecular flexibility index (Phi) is 6.90. The molecule has 0 unspecified atom stereocenters. The largest absolute Gasteiger partial charge is 0.495 e. The number of rotatable bonds is 7. The Labute approximate surface area is 164 Å². The highest BCUT2D eigenvalue weighted by Gasteiger charge is 2.30. The van der Waals surface area contributed by atoms with Crippen molar-refractivity contribution in [2.45, 2.75) is 25.1 Å². The monoisotopic (exact) mass is 414 g/mol. The first-order valence-electron chi connectivity index (χ1n) is 8.17. The maximum Gasteiger partial charge on any atom is 0.416 e. The summed E-state index contributed by atoms with van der Waals surface area (Å²) in [5.41, 5.74) is 5.29. The minimum atomic E-state index is -4.50. The van der Waals surface area contributed by atoms with Gasteiger partial charge in [-0.2, -0.15) is 13.2 Å². The van der Waals surface area contributed by atoms with Crippen molar-refractivity contribution >= 4 is 23.4 Å². The number of halogens is 4. The number of carbonyl (C=O) groups excluding carboxylic acids is 2. The van der Waals surface area contributed by atoms with Crippen LogP contribution < -0.4 is 15.8 Å². The van der Waals surface area contributed by atoms with Crippen LogP contribution in [-0.4, -0.2) is 25.0 Å². The SMILES string of the molecule is COc1ccc(C[C@H](NC(=O)Cc2cccc(C(F)(F)F)c2)C(N)=O)cc1Cl. The number of ether oxygens (including phenoxy) is 1. The van der Waals surface area contributed by atoms with Crippen LogP contribution in [0.1, 0.15) is 16.7 Å². The van der Waals surface area contributed by atoms with Crippen molar-refractivity contribution in [3.63, 3.8) is 0 Å². The zero-order valence-electron chi connectivity index (χ0n) is 14.8. The highest BCUT2D eigenvalue weighted by atomic mass is 35.5. The second-order valence-corrected chi connectivity index (χ2v) is 6.48. The fraction of sp³-hybridized carbons (Fsp3) is 0.263. The summed E-state index contributed by atoms with van der Waals surface area (Å²) in [7, 11) is 1.46. The number of benzene rings is 2. The molecule has 150 valence electrons. The molecule has 0 aliphatic carbocycles. The molecule has 2 rings (SSSR count). The van der Waals surface area contributed by atoms with Crippen molar-refractivity contribution in [3.8, 4) is 5.75 Å². The molecule has 0 bridgehead atoms. The average molecular weight is 415 g/mol. The Morgan fingerprint density at radius 3 is 2.46 bits per heavy atom. The number of amides is 2. The van der Waals surface area contributed by atoms with Gasteiger partial charge in [-0.25, -0.2) is 0 Å². The summed E-state index contributed by atoms with van der Waals surface area (Å²) in [6.45, 7) is 0. The van der Waals surface area contributed by atoms with Crippen molar-refractivity contribution in [1.82, 2.24) is 5.32 Å². The summed E-state index contributed by atoms with van der Waals surface area (Å²) in [6, 6.07) is 8.24. The number of methoxy groups -OCH3 is 1. The number of carbonyl (C=O) groups is 2. The van der Waals surface area contributed by atoms with Gasteiger partial charge in [0.2, 0.25) is 11.8 Å². The number of nitrogens with two attached hydrogens (primary N) is 1. The Bertz CT molecular complexity index is 872. The van der Waals surface area contributed by atoms with Crippen LogP contribution in [0.15, 0.2) is 42.5 Å². The van der Waals surface area contributed by atoms with Crippen LogP contribution in [0.4, 0.5) is 13.2 Å². The third kappa shape index (κ3) is 5.88. The first kappa shape index (κ1) is 21.6. The molecule has 0 spiro atoms. The number of hydrogen-bond donors (Lipinski definition) is 2. The number of hydrogen-bond acceptors (Lipinski definition) is 3. The number of primary amides is 1. The number of nitrogens with one attached hydrogen (secondary N) is 1. The summed E-state index contributed by atoms with van der Waals surface area (Å²) in [6.07, 6.45) is -4.75. The lowest BCUT2D eigenvalue weighted by molar-refractivity contribution is -0.137. The van der Waals surface area contributed by atoms with Crippen molar-refractivity contribution in [3.05, 3.63) is 64.2 Å². The van der Waals surface area contributed by atoms with E-state index in [0.717, 1.165) is 12.1 Å². The molecule has 0 saturated carbocycles. The standard InChI is InChI=1S/C19H18ClF3N2O3/c1-28-16-6-5-12(8-14(16)20)9-15(18(24)27)25-17(26)10-11-3-2-4-13(7-11)19(21,22)23/h2-8,15H,9-10H2,1H3,(H2,24,27)(H,25,26)/t15-/m0/s1. The van der Waals surface area contributed by atoms with Gasteiger partial charge in [0.15, 0.2) is 0 Å². The van der Waals surface area contributed by atoms with Crippen molar-refractivity contribution in [2.75, 3.05) is 7.11 Å². The van der Waals surface area contributed by atoms with Gasteiger partial charge in [0, 0.05) is 6.42 Å². The maximum atomic E-state index is 12.8. The molecule has 0 fully saturated rings. The second-order valence-electron chi connectivity index (χ2n) is 6.07. The smallest absolute Gasteiger partial charge is 0.416 e. The first-order chi connectivity index (χ1) is 13.1. The lowest BCUT2D eigenvalue weighted by Crippen LogP contribution is -2.46. The van der Waals surface area contributed by atoms with E-state index < -0.39 is 29.6 Å². The van der Waals surface area contributed by atoms with Gasteiger partial charge in [0.1, 0.15) is 11.8 Å². The van der Waals surface area contributed by atoms with Crippen LogP contribution in [0.25, 0.3) is 0 Å². The fourth-order valence-corrected chi connectivity index (χ4v) is 2.86. The van der Waals surface area contributed by atoms with Crippen LogP contribution in [0, 0.1) is 0 Å². The molecular weight excluding hydrogens is 397 g/mol. The van der Waals surface area contributed by atoms with Crippen molar-refractivity contribution in [2.24, 2.45) is 5.73 Å². The Morgan fingerprint density at radius 2 is 1.89 bits per heavy atom. The van der Waals surface area contributed by atoms with Gasteiger partial charge in [0.05, 0.1) is 24.1 Å². The summed E-state index contributed by atoms with van der Waals surface area (Å²) in [5, 5.41) is 2.78. The van der Waals surface area contributed by atoms with Crippen LogP contribution >= 0.6 is 11.6 Å². The minimum absolute atomic E-state index is 0.0768. The molecule has 28 heavy (non-hydrogen) atoms. The molecule has 1 atom stereocenters. The van der Waals surface area contributed by atoms with Gasteiger partial charge in [-0.1, -0.05) is 35.9 Å². The molecular formula is C19H18ClF3N2O3. The lowest BCUT2D eigenvalue weighted by Gasteiger charge is -2.16. The molecule has 2 amide bonds. The molecule has 0 saturated heterocycles. The van der Waals surface area contributed by atoms with Gasteiger partial charge >= 0.3 is 6.18 Å². The molecule has 0 heterocycles. The van der Waals surface area contributed by atoms with Gasteiger partial charge < -0.3 is 15.8 Å². The summed E-state index contributed by atoms with van der Waals surface area (Å²) in [4.78, 5) is 23.9. The molecule has 2 aromatic carbocycles. The lowest BCUT2D eigenvalue weighted by atomic mass is 10.0. The number of alkyl halides is 3. The topological polar surface area (TPSA) is 81.4 Å². The molecule has 0 aromatic heterocycles. The van der Waals surface area contributed by atoms with Gasteiger partial charge in [-0.15, -0.1) is 0 Å². The first-order valence-corrected chi connectivity index (χ1v) is 8.55. The average Bonchev–Trinajstić information content (AvgIpc) is 2.60. The van der Waals surface area contributed by atoms with E-state index in [1.54, 1.807) is 18.2 Å². The van der Waals surface area contributed by atoms with Crippen LogP contribution in [0.5, 0.6) is 5.75 Å². The minimum Gasteiger partial charge on any atom is -0.495 e. The predicted octanol–water partition coefficient (Wildman–Crippen LogP) is 3.12. The molecule has 2 aromatic rings. The van der Waals surface area contributed by atoms with Crippen LogP contribution in [-0.2, 0) is 28.6 Å². The second kappa shape index (κ2) is 8.97. The highest BCUT2D eigenvalue weighted by molar-refractivity contribution is 6.32. The van der Waals surface area contributed by atoms with Crippen LogP contribution in [0.2, 0.25) is 5.02 Å². The van der Waals surface area contributed by atoms with Crippen molar-refractivity contribution < 1.29 is 27.5 Å². The summed E-state index contributed by atoms with van der Waals surface area (Å²) in [5.74, 6) is -0.943. The Balaban J connectivity index is 2.07. The maximum absolute atomic E-state index is 12.8. The Hall–Kier alpha value is -2.74. The fourth-order valence-electron chi connectivity index (χ4n) is 2.58. The molecule has 5 nitrogen and oxygen atoms in total. The Morgan fingerprint density at radius 1 is 1.18 bits per heavy atom. The van der Waals surface area contributed by atoms with Gasteiger partial charge in [-0.3, -0.25) is 9.59 Å². The van der Waals surface area contributed by atoms with Gasteiger partial charge in [0.25, 0.3) is 0 Å². The third-order valence-corrected chi connectivity index (χ3v) is 4.25. The van der Waals surface area contributed by atoms with E-state index in [9.17, 15) is 22.8 Å². The zero-order valence-corrected chi connectivity index (χ0v) is 15.6. The highest BCUT2D eigenvalue weighted by Crippen LogP contribution is 2.29. The molecule has 9 heteroatoms.